The topological polar surface area (TPSA) is 63.2 Å². The fourth-order valence-electron chi connectivity index (χ4n) is 3.02. The first-order valence-corrected chi connectivity index (χ1v) is 9.74. The van der Waals surface area contributed by atoms with E-state index in [0.717, 1.165) is 47.2 Å². The first-order valence-electron chi connectivity index (χ1n) is 8.57. The van der Waals surface area contributed by atoms with Crippen LogP contribution in [0.4, 0.5) is 0 Å². The highest BCUT2D eigenvalue weighted by Crippen LogP contribution is 2.34. The van der Waals surface area contributed by atoms with Crippen LogP contribution in [0.15, 0.2) is 34.8 Å². The summed E-state index contributed by atoms with van der Waals surface area (Å²) in [6.45, 7) is 1.58. The van der Waals surface area contributed by atoms with E-state index in [4.69, 9.17) is 16.3 Å². The van der Waals surface area contributed by atoms with E-state index in [1.54, 1.807) is 7.11 Å². The summed E-state index contributed by atoms with van der Waals surface area (Å²) in [5.41, 5.74) is 2.67. The van der Waals surface area contributed by atoms with E-state index in [9.17, 15) is 4.79 Å². The monoisotopic (exact) mass is 437 g/mol. The minimum absolute atomic E-state index is 0.143. The number of hydrogen-bond acceptors (Lipinski definition) is 4. The lowest BCUT2D eigenvalue weighted by molar-refractivity contribution is -0.119. The molecule has 0 saturated carbocycles. The van der Waals surface area contributed by atoms with Gasteiger partial charge in [-0.05, 0) is 47.4 Å². The molecule has 7 heteroatoms. The molecule has 1 amide bonds. The van der Waals surface area contributed by atoms with Gasteiger partial charge in [-0.25, -0.2) is 4.98 Å². The van der Waals surface area contributed by atoms with Crippen LogP contribution in [-0.2, 0) is 11.2 Å². The van der Waals surface area contributed by atoms with Crippen LogP contribution in [0.2, 0.25) is 5.02 Å². The Morgan fingerprint density at radius 1 is 1.38 bits per heavy atom. The van der Waals surface area contributed by atoms with Crippen LogP contribution in [0, 0.1) is 0 Å². The predicted octanol–water partition coefficient (Wildman–Crippen LogP) is 3.58. The number of halogens is 2. The molecule has 3 rings (SSSR count). The summed E-state index contributed by atoms with van der Waals surface area (Å²) < 4.78 is 6.31. The Balaban J connectivity index is 1.63. The number of ether oxygens (including phenoxy) is 1. The van der Waals surface area contributed by atoms with Crippen LogP contribution < -0.4 is 15.4 Å². The summed E-state index contributed by atoms with van der Waals surface area (Å²) in [4.78, 5) is 15.8. The fraction of sp³-hybridized carbons (Fsp3) is 0.368. The molecule has 2 N–H and O–H groups in total. The van der Waals surface area contributed by atoms with Crippen molar-refractivity contribution in [3.8, 4) is 17.1 Å². The van der Waals surface area contributed by atoms with Crippen molar-refractivity contribution in [3.05, 3.63) is 45.4 Å². The first kappa shape index (κ1) is 19.1. The molecule has 1 saturated heterocycles. The smallest absolute Gasteiger partial charge is 0.220 e. The van der Waals surface area contributed by atoms with Gasteiger partial charge in [0.1, 0.15) is 0 Å². The van der Waals surface area contributed by atoms with Crippen molar-refractivity contribution in [1.29, 1.82) is 0 Å². The number of benzene rings is 1. The number of carbonyl (C=O) groups excluding carboxylic acids is 1. The number of pyridine rings is 1. The average Bonchev–Trinajstić information content (AvgIpc) is 3.06. The zero-order valence-corrected chi connectivity index (χ0v) is 16.9. The minimum atomic E-state index is 0.143. The molecule has 138 valence electrons. The average molecular weight is 439 g/mol. The van der Waals surface area contributed by atoms with E-state index < -0.39 is 0 Å². The lowest BCUT2D eigenvalue weighted by Gasteiger charge is -2.13. The van der Waals surface area contributed by atoms with Crippen LogP contribution in [0.5, 0.6) is 5.88 Å². The van der Waals surface area contributed by atoms with Crippen molar-refractivity contribution < 1.29 is 9.53 Å². The molecule has 1 aromatic heterocycles. The molecule has 0 radical (unpaired) electrons. The number of carbonyl (C=O) groups is 1. The number of rotatable bonds is 7. The van der Waals surface area contributed by atoms with Crippen LogP contribution in [0.3, 0.4) is 0 Å². The van der Waals surface area contributed by atoms with E-state index in [2.05, 4.69) is 31.5 Å². The normalized spacial score (nSPS) is 16.6. The minimum Gasteiger partial charge on any atom is -0.481 e. The second kappa shape index (κ2) is 8.84. The summed E-state index contributed by atoms with van der Waals surface area (Å²) in [6.07, 6.45) is 2.33. The van der Waals surface area contributed by atoms with Crippen LogP contribution >= 0.6 is 27.5 Å². The van der Waals surface area contributed by atoms with E-state index in [1.165, 1.54) is 0 Å². The van der Waals surface area contributed by atoms with Crippen molar-refractivity contribution in [2.24, 2.45) is 0 Å². The van der Waals surface area contributed by atoms with Gasteiger partial charge in [-0.3, -0.25) is 4.79 Å². The van der Waals surface area contributed by atoms with Crippen molar-refractivity contribution >= 4 is 33.4 Å². The summed E-state index contributed by atoms with van der Waals surface area (Å²) in [5, 5.41) is 6.98. The Kier molecular flexibility index (Phi) is 6.51. The molecule has 1 aromatic carbocycles. The third-order valence-electron chi connectivity index (χ3n) is 4.41. The standard InChI is InChI=1S/C19H21BrClN3O2/c1-26-19-12(9-10-22-11-13-6-8-17(25)23-13)5-7-16(24-19)14-3-2-4-15(20)18(14)21/h2-5,7,13,22H,6,8-11H2,1H3,(H,23,25)/t13-/m0/s1. The largest absolute Gasteiger partial charge is 0.481 e. The molecule has 1 fully saturated rings. The Morgan fingerprint density at radius 2 is 2.23 bits per heavy atom. The third-order valence-corrected chi connectivity index (χ3v) is 5.70. The van der Waals surface area contributed by atoms with Gasteiger partial charge in [0.2, 0.25) is 11.8 Å². The van der Waals surface area contributed by atoms with E-state index in [0.29, 0.717) is 17.3 Å². The number of nitrogens with one attached hydrogen (secondary N) is 2. The SMILES string of the molecule is COc1nc(-c2cccc(Br)c2Cl)ccc1CCNC[C@@H]1CCC(=O)N1. The van der Waals surface area contributed by atoms with Crippen LogP contribution in [-0.4, -0.2) is 37.1 Å². The van der Waals surface area contributed by atoms with E-state index in [1.807, 2.05) is 30.3 Å². The maximum atomic E-state index is 11.2. The fourth-order valence-corrected chi connectivity index (χ4v) is 3.61. The molecule has 5 nitrogen and oxygen atoms in total. The molecule has 1 aliphatic heterocycles. The summed E-state index contributed by atoms with van der Waals surface area (Å²) in [6, 6.07) is 9.99. The Hall–Kier alpha value is -1.63. The molecule has 1 aliphatic rings. The van der Waals surface area contributed by atoms with Gasteiger partial charge in [0.15, 0.2) is 0 Å². The highest BCUT2D eigenvalue weighted by Gasteiger charge is 2.19. The maximum absolute atomic E-state index is 11.2. The second-order valence-electron chi connectivity index (χ2n) is 6.22. The molecular formula is C19H21BrClN3O2. The van der Waals surface area contributed by atoms with Crippen molar-refractivity contribution in [1.82, 2.24) is 15.6 Å². The molecule has 0 spiro atoms. The predicted molar refractivity (Wildman–Crippen MR) is 107 cm³/mol. The van der Waals surface area contributed by atoms with Gasteiger partial charge in [-0.2, -0.15) is 0 Å². The maximum Gasteiger partial charge on any atom is 0.220 e. The number of aromatic nitrogens is 1. The van der Waals surface area contributed by atoms with Crippen molar-refractivity contribution in [2.75, 3.05) is 20.2 Å². The molecule has 2 aromatic rings. The third kappa shape index (κ3) is 4.55. The number of methoxy groups -OCH3 is 1. The first-order chi connectivity index (χ1) is 12.6. The highest BCUT2D eigenvalue weighted by molar-refractivity contribution is 9.10. The molecule has 2 heterocycles. The summed E-state index contributed by atoms with van der Waals surface area (Å²) in [5.74, 6) is 0.749. The van der Waals surface area contributed by atoms with Crippen LogP contribution in [0.1, 0.15) is 18.4 Å². The molecular weight excluding hydrogens is 418 g/mol. The quantitative estimate of drug-likeness (QED) is 0.649. The van der Waals surface area contributed by atoms with Gasteiger partial charge in [0, 0.05) is 34.6 Å². The summed E-state index contributed by atoms with van der Waals surface area (Å²) >= 11 is 9.81. The second-order valence-corrected chi connectivity index (χ2v) is 7.46. The Bertz CT molecular complexity index is 800. The highest BCUT2D eigenvalue weighted by atomic mass is 79.9. The zero-order chi connectivity index (χ0) is 18.5. The Labute approximate surface area is 166 Å². The zero-order valence-electron chi connectivity index (χ0n) is 14.5. The molecule has 26 heavy (non-hydrogen) atoms. The summed E-state index contributed by atoms with van der Waals surface area (Å²) in [7, 11) is 1.62. The van der Waals surface area contributed by atoms with Gasteiger partial charge in [-0.1, -0.05) is 29.8 Å². The van der Waals surface area contributed by atoms with E-state index >= 15 is 0 Å². The van der Waals surface area contributed by atoms with Gasteiger partial charge < -0.3 is 15.4 Å². The van der Waals surface area contributed by atoms with Crippen LogP contribution in [0.25, 0.3) is 11.3 Å². The Morgan fingerprint density at radius 3 is 2.96 bits per heavy atom. The van der Waals surface area contributed by atoms with Crippen molar-refractivity contribution in [3.63, 3.8) is 0 Å². The van der Waals surface area contributed by atoms with Gasteiger partial charge in [0.25, 0.3) is 0 Å². The van der Waals surface area contributed by atoms with Gasteiger partial charge in [0.05, 0.1) is 17.8 Å². The lowest BCUT2D eigenvalue weighted by atomic mass is 10.1. The molecule has 1 atom stereocenters. The van der Waals surface area contributed by atoms with Crippen molar-refractivity contribution in [2.45, 2.75) is 25.3 Å². The lowest BCUT2D eigenvalue weighted by Crippen LogP contribution is -2.36. The van der Waals surface area contributed by atoms with Gasteiger partial charge >= 0.3 is 0 Å². The van der Waals surface area contributed by atoms with E-state index in [-0.39, 0.29) is 11.9 Å². The number of amides is 1. The molecule has 0 bridgehead atoms. The van der Waals surface area contributed by atoms with Gasteiger partial charge in [-0.15, -0.1) is 0 Å². The number of hydrogen-bond donors (Lipinski definition) is 2. The molecule has 0 aliphatic carbocycles. The molecule has 0 unspecified atom stereocenters. The number of nitrogens with zero attached hydrogens (tertiary/aromatic N) is 1.